The quantitative estimate of drug-likeness (QED) is 0.924. The van der Waals surface area contributed by atoms with Crippen LogP contribution in [0.1, 0.15) is 11.6 Å². The molecule has 0 saturated carbocycles. The first-order valence-corrected chi connectivity index (χ1v) is 7.83. The molecule has 0 aliphatic carbocycles. The van der Waals surface area contributed by atoms with Crippen LogP contribution in [0.2, 0.25) is 0 Å². The standard InChI is InChI=1S/C17H22N4/c1-18-17(16-12-20-7-9-21(16)10-8-20)14-5-4-13-3-2-6-19-15(13)11-14/h2-6,11,16-18H,7-10,12H2,1H3. The van der Waals surface area contributed by atoms with Crippen molar-refractivity contribution in [2.75, 3.05) is 39.8 Å². The van der Waals surface area contributed by atoms with Crippen LogP contribution in [0, 0.1) is 0 Å². The second-order valence-corrected chi connectivity index (χ2v) is 6.13. The predicted molar refractivity (Wildman–Crippen MR) is 85.3 cm³/mol. The topological polar surface area (TPSA) is 31.4 Å². The monoisotopic (exact) mass is 282 g/mol. The molecule has 2 aromatic rings. The Kier molecular flexibility index (Phi) is 3.37. The Labute approximate surface area is 125 Å². The van der Waals surface area contributed by atoms with Crippen molar-refractivity contribution in [2.45, 2.75) is 12.1 Å². The van der Waals surface area contributed by atoms with Crippen molar-refractivity contribution < 1.29 is 0 Å². The van der Waals surface area contributed by atoms with Gasteiger partial charge in [-0.05, 0) is 24.7 Å². The lowest BCUT2D eigenvalue weighted by atomic mass is 9.93. The summed E-state index contributed by atoms with van der Waals surface area (Å²) in [4.78, 5) is 9.73. The van der Waals surface area contributed by atoms with E-state index in [1.165, 1.54) is 43.7 Å². The van der Waals surface area contributed by atoms with Gasteiger partial charge < -0.3 is 5.32 Å². The zero-order valence-electron chi connectivity index (χ0n) is 12.5. The molecule has 4 heteroatoms. The Bertz CT molecular complexity index is 633. The van der Waals surface area contributed by atoms with Crippen molar-refractivity contribution in [3.05, 3.63) is 42.1 Å². The molecule has 3 fully saturated rings. The maximum absolute atomic E-state index is 4.50. The lowest BCUT2D eigenvalue weighted by Crippen LogP contribution is -2.63. The zero-order chi connectivity index (χ0) is 14.2. The summed E-state index contributed by atoms with van der Waals surface area (Å²) in [7, 11) is 2.08. The van der Waals surface area contributed by atoms with E-state index < -0.39 is 0 Å². The van der Waals surface area contributed by atoms with E-state index in [1.54, 1.807) is 0 Å². The lowest BCUT2D eigenvalue weighted by molar-refractivity contribution is -0.00252. The van der Waals surface area contributed by atoms with Crippen molar-refractivity contribution in [2.24, 2.45) is 0 Å². The fraction of sp³-hybridized carbons (Fsp3) is 0.471. The van der Waals surface area contributed by atoms with Gasteiger partial charge in [-0.1, -0.05) is 18.2 Å². The summed E-state index contributed by atoms with van der Waals surface area (Å²) in [6.07, 6.45) is 1.87. The van der Waals surface area contributed by atoms with Crippen LogP contribution in [0.4, 0.5) is 0 Å². The van der Waals surface area contributed by atoms with E-state index in [-0.39, 0.29) is 0 Å². The van der Waals surface area contributed by atoms with Crippen LogP contribution >= 0.6 is 0 Å². The van der Waals surface area contributed by atoms with E-state index in [4.69, 9.17) is 0 Å². The van der Waals surface area contributed by atoms with E-state index >= 15 is 0 Å². The first-order chi connectivity index (χ1) is 10.3. The van der Waals surface area contributed by atoms with Gasteiger partial charge in [0, 0.05) is 56.4 Å². The van der Waals surface area contributed by atoms with Crippen molar-refractivity contribution in [1.82, 2.24) is 20.1 Å². The van der Waals surface area contributed by atoms with Gasteiger partial charge in [0.05, 0.1) is 5.52 Å². The van der Waals surface area contributed by atoms with Gasteiger partial charge >= 0.3 is 0 Å². The lowest BCUT2D eigenvalue weighted by Gasteiger charge is -2.50. The van der Waals surface area contributed by atoms with E-state index in [9.17, 15) is 0 Å². The average molecular weight is 282 g/mol. The second kappa shape index (κ2) is 5.37. The molecule has 110 valence electrons. The summed E-state index contributed by atoms with van der Waals surface area (Å²) in [6, 6.07) is 11.8. The number of fused-ring (bicyclic) bond motifs is 4. The van der Waals surface area contributed by atoms with Crippen LogP contribution in [0.15, 0.2) is 36.5 Å². The van der Waals surface area contributed by atoms with Gasteiger partial charge in [0.1, 0.15) is 0 Å². The third-order valence-electron chi connectivity index (χ3n) is 5.01. The number of hydrogen-bond donors (Lipinski definition) is 1. The van der Waals surface area contributed by atoms with Crippen LogP contribution in [0.25, 0.3) is 10.9 Å². The fourth-order valence-electron chi connectivity index (χ4n) is 3.83. The molecule has 2 atom stereocenters. The van der Waals surface area contributed by atoms with E-state index in [0.717, 1.165) is 5.52 Å². The van der Waals surface area contributed by atoms with Gasteiger partial charge in [0.2, 0.25) is 0 Å². The number of likely N-dealkylation sites (N-methyl/N-ethyl adjacent to an activating group) is 1. The highest BCUT2D eigenvalue weighted by Gasteiger charge is 2.36. The Hall–Kier alpha value is -1.49. The first-order valence-electron chi connectivity index (χ1n) is 7.83. The summed E-state index contributed by atoms with van der Waals surface area (Å²) in [6.45, 7) is 6.04. The van der Waals surface area contributed by atoms with Crippen LogP contribution in [-0.2, 0) is 0 Å². The molecule has 2 unspecified atom stereocenters. The molecule has 0 spiro atoms. The SMILES string of the molecule is CNC(c1ccc2cccnc2c1)C1CN2CCN1CC2. The van der Waals surface area contributed by atoms with Gasteiger partial charge in [-0.15, -0.1) is 0 Å². The number of rotatable bonds is 3. The van der Waals surface area contributed by atoms with E-state index in [1.807, 2.05) is 12.3 Å². The van der Waals surface area contributed by atoms with Crippen molar-refractivity contribution in [1.29, 1.82) is 0 Å². The number of nitrogens with one attached hydrogen (secondary N) is 1. The molecular weight excluding hydrogens is 260 g/mol. The summed E-state index contributed by atoms with van der Waals surface area (Å²) < 4.78 is 0. The molecule has 0 amide bonds. The molecule has 4 heterocycles. The van der Waals surface area contributed by atoms with Crippen LogP contribution < -0.4 is 5.32 Å². The maximum atomic E-state index is 4.50. The summed E-state index contributed by atoms with van der Waals surface area (Å²) in [5.74, 6) is 0. The Balaban J connectivity index is 1.67. The number of piperazine rings is 3. The third kappa shape index (κ3) is 2.33. The highest BCUT2D eigenvalue weighted by atomic mass is 15.4. The highest BCUT2D eigenvalue weighted by molar-refractivity contribution is 5.79. The number of hydrogen-bond acceptors (Lipinski definition) is 4. The minimum atomic E-state index is 0.375. The van der Waals surface area contributed by atoms with Gasteiger partial charge in [0.15, 0.2) is 0 Å². The Morgan fingerprint density at radius 3 is 2.76 bits per heavy atom. The number of aromatic nitrogens is 1. The largest absolute Gasteiger partial charge is 0.312 e. The molecule has 2 bridgehead atoms. The van der Waals surface area contributed by atoms with Crippen molar-refractivity contribution in [3.8, 4) is 0 Å². The smallest absolute Gasteiger partial charge is 0.0705 e. The molecule has 0 radical (unpaired) electrons. The number of nitrogens with zero attached hydrogens (tertiary/aromatic N) is 3. The summed E-state index contributed by atoms with van der Waals surface area (Å²) in [5, 5.41) is 4.75. The molecule has 1 N–H and O–H groups in total. The van der Waals surface area contributed by atoms with Crippen LogP contribution in [0.3, 0.4) is 0 Å². The van der Waals surface area contributed by atoms with Gasteiger partial charge in [-0.2, -0.15) is 0 Å². The molecule has 3 aliphatic rings. The third-order valence-corrected chi connectivity index (χ3v) is 5.01. The molecule has 1 aromatic heterocycles. The van der Waals surface area contributed by atoms with E-state index in [0.29, 0.717) is 12.1 Å². The van der Waals surface area contributed by atoms with Crippen LogP contribution in [0.5, 0.6) is 0 Å². The minimum absolute atomic E-state index is 0.375. The minimum Gasteiger partial charge on any atom is -0.312 e. The molecule has 3 saturated heterocycles. The van der Waals surface area contributed by atoms with Crippen molar-refractivity contribution in [3.63, 3.8) is 0 Å². The Morgan fingerprint density at radius 2 is 2.05 bits per heavy atom. The molecular formula is C17H22N4. The number of pyridine rings is 1. The summed E-state index contributed by atoms with van der Waals surface area (Å²) >= 11 is 0. The van der Waals surface area contributed by atoms with E-state index in [2.05, 4.69) is 51.4 Å². The average Bonchev–Trinajstić information content (AvgIpc) is 2.57. The molecule has 5 rings (SSSR count). The molecule has 21 heavy (non-hydrogen) atoms. The maximum Gasteiger partial charge on any atom is 0.0705 e. The van der Waals surface area contributed by atoms with Crippen LogP contribution in [-0.4, -0.2) is 60.6 Å². The predicted octanol–water partition coefficient (Wildman–Crippen LogP) is 1.50. The Morgan fingerprint density at radius 1 is 1.19 bits per heavy atom. The van der Waals surface area contributed by atoms with Crippen molar-refractivity contribution >= 4 is 10.9 Å². The number of benzene rings is 1. The first kappa shape index (κ1) is 13.2. The molecule has 4 nitrogen and oxygen atoms in total. The van der Waals surface area contributed by atoms with Gasteiger partial charge in [0.25, 0.3) is 0 Å². The van der Waals surface area contributed by atoms with Gasteiger partial charge in [-0.3, -0.25) is 14.8 Å². The summed E-state index contributed by atoms with van der Waals surface area (Å²) in [5.41, 5.74) is 2.44. The fourth-order valence-corrected chi connectivity index (χ4v) is 3.83. The second-order valence-electron chi connectivity index (χ2n) is 6.13. The zero-order valence-corrected chi connectivity index (χ0v) is 12.5. The molecule has 3 aliphatic heterocycles. The normalized spacial score (nSPS) is 29.7. The highest BCUT2D eigenvalue weighted by Crippen LogP contribution is 2.28. The van der Waals surface area contributed by atoms with Gasteiger partial charge in [-0.25, -0.2) is 0 Å². The molecule has 1 aromatic carbocycles.